The van der Waals surface area contributed by atoms with Crippen LogP contribution in [0.1, 0.15) is 38.2 Å². The summed E-state index contributed by atoms with van der Waals surface area (Å²) < 4.78 is 13.9. The first-order valence-corrected chi connectivity index (χ1v) is 9.13. The lowest BCUT2D eigenvalue weighted by atomic mass is 10.0. The second-order valence-electron chi connectivity index (χ2n) is 7.23. The molecule has 132 valence electrons. The third-order valence-corrected chi connectivity index (χ3v) is 4.99. The van der Waals surface area contributed by atoms with Gasteiger partial charge in [0.1, 0.15) is 5.82 Å². The van der Waals surface area contributed by atoms with E-state index in [1.807, 2.05) is 6.07 Å². The molecule has 1 aliphatic heterocycles. The smallest absolute Gasteiger partial charge is 0.317 e. The number of benzene rings is 1. The highest BCUT2D eigenvalue weighted by Crippen LogP contribution is 2.28. The fraction of sp³-hybridized carbons (Fsp3) is 0.632. The zero-order valence-electron chi connectivity index (χ0n) is 14.5. The molecule has 1 heterocycles. The first-order chi connectivity index (χ1) is 11.6. The van der Waals surface area contributed by atoms with E-state index in [-0.39, 0.29) is 17.9 Å². The van der Waals surface area contributed by atoms with Crippen molar-refractivity contribution in [3.63, 3.8) is 0 Å². The van der Waals surface area contributed by atoms with Crippen LogP contribution in [-0.4, -0.2) is 48.1 Å². The van der Waals surface area contributed by atoms with Gasteiger partial charge in [0.05, 0.1) is 6.54 Å². The second-order valence-corrected chi connectivity index (χ2v) is 7.23. The van der Waals surface area contributed by atoms with Crippen LogP contribution < -0.4 is 5.32 Å². The van der Waals surface area contributed by atoms with E-state index < -0.39 is 0 Å². The lowest BCUT2D eigenvalue weighted by molar-refractivity contribution is 0.173. The molecular formula is C19H28FN3O. The van der Waals surface area contributed by atoms with Crippen molar-refractivity contribution < 1.29 is 9.18 Å². The summed E-state index contributed by atoms with van der Waals surface area (Å²) in [5.74, 6) is 0.511. The summed E-state index contributed by atoms with van der Waals surface area (Å²) in [5.41, 5.74) is 0.587. The number of likely N-dealkylation sites (tertiary alicyclic amines) is 1. The number of nitrogens with one attached hydrogen (secondary N) is 1. The molecule has 5 heteroatoms. The Labute approximate surface area is 144 Å². The highest BCUT2D eigenvalue weighted by Gasteiger charge is 2.33. The van der Waals surface area contributed by atoms with E-state index >= 15 is 0 Å². The lowest BCUT2D eigenvalue weighted by Gasteiger charge is -2.31. The van der Waals surface area contributed by atoms with E-state index in [4.69, 9.17) is 0 Å². The standard InChI is InChI=1S/C19H28FN3O/c1-15-5-4-11-22(13-15)12-10-21-19(24)23(17-8-9-17)14-16-6-2-3-7-18(16)20/h2-3,6-7,15,17H,4-5,8-14H2,1H3,(H,21,24). The van der Waals surface area contributed by atoms with E-state index in [1.54, 1.807) is 17.0 Å². The van der Waals surface area contributed by atoms with Gasteiger partial charge in [-0.1, -0.05) is 25.1 Å². The number of hydrogen-bond acceptors (Lipinski definition) is 2. The summed E-state index contributed by atoms with van der Waals surface area (Å²) in [6.45, 7) is 6.44. The third kappa shape index (κ3) is 4.69. The van der Waals surface area contributed by atoms with Crippen molar-refractivity contribution in [1.29, 1.82) is 0 Å². The van der Waals surface area contributed by atoms with E-state index in [2.05, 4.69) is 17.1 Å². The van der Waals surface area contributed by atoms with Crippen LogP contribution in [0.3, 0.4) is 0 Å². The van der Waals surface area contributed by atoms with Crippen molar-refractivity contribution in [3.05, 3.63) is 35.6 Å². The maximum Gasteiger partial charge on any atom is 0.317 e. The molecule has 1 aromatic carbocycles. The van der Waals surface area contributed by atoms with E-state index in [0.29, 0.717) is 18.7 Å². The van der Waals surface area contributed by atoms with Crippen LogP contribution in [-0.2, 0) is 6.54 Å². The molecule has 2 amide bonds. The highest BCUT2D eigenvalue weighted by atomic mass is 19.1. The average Bonchev–Trinajstić information content (AvgIpc) is 3.39. The second kappa shape index (κ2) is 7.97. The number of carbonyl (C=O) groups is 1. The molecule has 2 fully saturated rings. The van der Waals surface area contributed by atoms with Crippen LogP contribution in [0, 0.1) is 11.7 Å². The molecule has 1 unspecified atom stereocenters. The molecular weight excluding hydrogens is 305 g/mol. The Hall–Kier alpha value is -1.62. The van der Waals surface area contributed by atoms with Gasteiger partial charge in [-0.3, -0.25) is 0 Å². The van der Waals surface area contributed by atoms with E-state index in [1.165, 1.54) is 18.9 Å². The zero-order chi connectivity index (χ0) is 16.9. The van der Waals surface area contributed by atoms with E-state index in [0.717, 1.165) is 38.4 Å². The van der Waals surface area contributed by atoms with Gasteiger partial charge in [-0.2, -0.15) is 0 Å². The summed E-state index contributed by atoms with van der Waals surface area (Å²) in [6, 6.07) is 6.91. The number of urea groups is 1. The average molecular weight is 333 g/mol. The van der Waals surface area contributed by atoms with Crippen LogP contribution >= 0.6 is 0 Å². The normalized spacial score (nSPS) is 21.5. The Balaban J connectivity index is 1.49. The molecule has 1 saturated heterocycles. The van der Waals surface area contributed by atoms with Crippen LogP contribution in [0.5, 0.6) is 0 Å². The quantitative estimate of drug-likeness (QED) is 0.867. The largest absolute Gasteiger partial charge is 0.337 e. The molecule has 1 atom stereocenters. The molecule has 4 nitrogen and oxygen atoms in total. The maximum atomic E-state index is 13.9. The summed E-state index contributed by atoms with van der Waals surface area (Å²) >= 11 is 0. The minimum Gasteiger partial charge on any atom is -0.337 e. The van der Waals surface area contributed by atoms with Crippen LogP contribution in [0.25, 0.3) is 0 Å². The Bertz CT molecular complexity index is 561. The van der Waals surface area contributed by atoms with Gasteiger partial charge in [-0.25, -0.2) is 9.18 Å². The van der Waals surface area contributed by atoms with Crippen LogP contribution in [0.15, 0.2) is 24.3 Å². The molecule has 24 heavy (non-hydrogen) atoms. The molecule has 0 bridgehead atoms. The van der Waals surface area contributed by atoms with Crippen molar-refractivity contribution in [2.45, 2.75) is 45.2 Å². The van der Waals surface area contributed by atoms with Crippen LogP contribution in [0.2, 0.25) is 0 Å². The highest BCUT2D eigenvalue weighted by molar-refractivity contribution is 5.75. The monoisotopic (exact) mass is 333 g/mol. The molecule has 1 aromatic rings. The van der Waals surface area contributed by atoms with Gasteiger partial charge in [-0.15, -0.1) is 0 Å². The topological polar surface area (TPSA) is 35.6 Å². The molecule has 0 aromatic heterocycles. The number of amides is 2. The molecule has 3 rings (SSSR count). The van der Waals surface area contributed by atoms with Crippen molar-refractivity contribution in [3.8, 4) is 0 Å². The van der Waals surface area contributed by atoms with Gasteiger partial charge in [0.15, 0.2) is 0 Å². The third-order valence-electron chi connectivity index (χ3n) is 4.99. The molecule has 1 N–H and O–H groups in total. The number of carbonyl (C=O) groups excluding carboxylic acids is 1. The molecule has 1 aliphatic carbocycles. The Morgan fingerprint density at radius 3 is 2.83 bits per heavy atom. The fourth-order valence-electron chi connectivity index (χ4n) is 3.48. The zero-order valence-corrected chi connectivity index (χ0v) is 14.5. The van der Waals surface area contributed by atoms with Crippen LogP contribution in [0.4, 0.5) is 9.18 Å². The summed E-state index contributed by atoms with van der Waals surface area (Å²) in [4.78, 5) is 16.7. The lowest BCUT2D eigenvalue weighted by Crippen LogP contribution is -2.45. The molecule has 0 spiro atoms. The SMILES string of the molecule is CC1CCCN(CCNC(=O)N(Cc2ccccc2F)C2CC2)C1. The number of hydrogen-bond donors (Lipinski definition) is 1. The van der Waals surface area contributed by atoms with Gasteiger partial charge < -0.3 is 15.1 Å². The molecule has 0 radical (unpaired) electrons. The molecule has 2 aliphatic rings. The predicted molar refractivity (Wildman–Crippen MR) is 93.2 cm³/mol. The minimum absolute atomic E-state index is 0.0641. The maximum absolute atomic E-state index is 13.9. The fourth-order valence-corrected chi connectivity index (χ4v) is 3.48. The first kappa shape index (κ1) is 17.2. The Kier molecular flexibility index (Phi) is 5.72. The number of piperidine rings is 1. The van der Waals surface area contributed by atoms with Gasteiger partial charge in [0, 0.05) is 31.2 Å². The number of rotatable bonds is 6. The van der Waals surface area contributed by atoms with Gasteiger partial charge in [-0.05, 0) is 44.2 Å². The van der Waals surface area contributed by atoms with Crippen molar-refractivity contribution in [2.24, 2.45) is 5.92 Å². The molecule has 1 saturated carbocycles. The summed E-state index contributed by atoms with van der Waals surface area (Å²) in [7, 11) is 0. The van der Waals surface area contributed by atoms with Gasteiger partial charge >= 0.3 is 6.03 Å². The number of halogens is 1. The van der Waals surface area contributed by atoms with Crippen molar-refractivity contribution in [2.75, 3.05) is 26.2 Å². The minimum atomic E-state index is -0.238. The first-order valence-electron chi connectivity index (χ1n) is 9.13. The van der Waals surface area contributed by atoms with Crippen molar-refractivity contribution >= 4 is 6.03 Å². The van der Waals surface area contributed by atoms with Gasteiger partial charge in [0.25, 0.3) is 0 Å². The Morgan fingerprint density at radius 2 is 2.12 bits per heavy atom. The van der Waals surface area contributed by atoms with Gasteiger partial charge in [0.2, 0.25) is 0 Å². The summed E-state index contributed by atoms with van der Waals surface area (Å²) in [5, 5.41) is 3.03. The number of nitrogens with zero attached hydrogens (tertiary/aromatic N) is 2. The Morgan fingerprint density at radius 1 is 1.33 bits per heavy atom. The summed E-state index contributed by atoms with van der Waals surface area (Å²) in [6.07, 6.45) is 4.59. The van der Waals surface area contributed by atoms with E-state index in [9.17, 15) is 9.18 Å². The predicted octanol–water partition coefficient (Wildman–Crippen LogP) is 3.23. The van der Waals surface area contributed by atoms with Crippen molar-refractivity contribution in [1.82, 2.24) is 15.1 Å².